The summed E-state index contributed by atoms with van der Waals surface area (Å²) in [5, 5.41) is 0. The molecule has 19 heavy (non-hydrogen) atoms. The number of halogens is 1. The third kappa shape index (κ3) is 3.32. The molecular formula is C16H18FNO. The zero-order valence-corrected chi connectivity index (χ0v) is 11.2. The van der Waals surface area contributed by atoms with E-state index in [1.165, 1.54) is 6.07 Å². The minimum atomic E-state index is -0.351. The summed E-state index contributed by atoms with van der Waals surface area (Å²) in [5.74, 6) is 0.580. The molecule has 0 aliphatic carbocycles. The smallest absolute Gasteiger partial charge is 0.165 e. The number of hydrogen-bond donors (Lipinski definition) is 1. The highest BCUT2D eigenvalue weighted by atomic mass is 19.1. The molecular weight excluding hydrogens is 241 g/mol. The molecule has 3 heteroatoms. The zero-order valence-electron chi connectivity index (χ0n) is 11.2. The lowest BCUT2D eigenvalue weighted by atomic mass is 10.1. The summed E-state index contributed by atoms with van der Waals surface area (Å²) in [5.41, 5.74) is 8.64. The van der Waals surface area contributed by atoms with Crippen molar-refractivity contribution in [1.29, 1.82) is 0 Å². The summed E-state index contributed by atoms with van der Waals surface area (Å²) in [4.78, 5) is 0. The lowest BCUT2D eigenvalue weighted by Crippen LogP contribution is -2.03. The van der Waals surface area contributed by atoms with Crippen molar-refractivity contribution in [2.45, 2.75) is 20.3 Å². The Morgan fingerprint density at radius 2 is 1.84 bits per heavy atom. The van der Waals surface area contributed by atoms with Crippen LogP contribution < -0.4 is 10.5 Å². The minimum Gasteiger partial charge on any atom is -0.454 e. The Hall–Kier alpha value is -1.87. The average molecular weight is 259 g/mol. The van der Waals surface area contributed by atoms with Gasteiger partial charge >= 0.3 is 0 Å². The lowest BCUT2D eigenvalue weighted by Gasteiger charge is -2.11. The first-order valence-corrected chi connectivity index (χ1v) is 6.34. The van der Waals surface area contributed by atoms with Gasteiger partial charge in [-0.2, -0.15) is 0 Å². The van der Waals surface area contributed by atoms with Gasteiger partial charge < -0.3 is 10.5 Å². The van der Waals surface area contributed by atoms with E-state index < -0.39 is 0 Å². The maximum absolute atomic E-state index is 13.6. The van der Waals surface area contributed by atoms with Gasteiger partial charge in [0.05, 0.1) is 0 Å². The number of nitrogens with two attached hydrogens (primary N) is 1. The van der Waals surface area contributed by atoms with Crippen molar-refractivity contribution in [3.8, 4) is 11.5 Å². The van der Waals surface area contributed by atoms with E-state index in [1.807, 2.05) is 32.0 Å². The Bertz CT molecular complexity index is 581. The Kier molecular flexibility index (Phi) is 4.17. The van der Waals surface area contributed by atoms with Crippen molar-refractivity contribution in [2.24, 2.45) is 5.73 Å². The van der Waals surface area contributed by atoms with Gasteiger partial charge in [0.25, 0.3) is 0 Å². The average Bonchev–Trinajstić information content (AvgIpc) is 2.37. The van der Waals surface area contributed by atoms with E-state index in [1.54, 1.807) is 12.1 Å². The molecule has 0 aliphatic heterocycles. The molecule has 0 aliphatic rings. The van der Waals surface area contributed by atoms with Crippen LogP contribution in [0.5, 0.6) is 11.5 Å². The number of rotatable bonds is 4. The van der Waals surface area contributed by atoms with Crippen LogP contribution >= 0.6 is 0 Å². The van der Waals surface area contributed by atoms with Crippen molar-refractivity contribution < 1.29 is 9.13 Å². The maximum Gasteiger partial charge on any atom is 0.165 e. The van der Waals surface area contributed by atoms with Crippen LogP contribution in [-0.2, 0) is 6.42 Å². The number of ether oxygens (including phenoxy) is 1. The lowest BCUT2D eigenvalue weighted by molar-refractivity contribution is 0.439. The molecule has 0 bridgehead atoms. The molecule has 0 unspecified atom stereocenters. The fourth-order valence-corrected chi connectivity index (χ4v) is 1.96. The molecule has 100 valence electrons. The first kappa shape index (κ1) is 13.6. The molecule has 2 N–H and O–H groups in total. The van der Waals surface area contributed by atoms with E-state index in [0.717, 1.165) is 23.1 Å². The maximum atomic E-state index is 13.6. The molecule has 0 saturated carbocycles. The molecule has 2 aromatic carbocycles. The van der Waals surface area contributed by atoms with E-state index >= 15 is 0 Å². The van der Waals surface area contributed by atoms with Crippen LogP contribution in [0.25, 0.3) is 0 Å². The summed E-state index contributed by atoms with van der Waals surface area (Å²) in [6.07, 6.45) is 0.833. The van der Waals surface area contributed by atoms with Gasteiger partial charge in [-0.15, -0.1) is 0 Å². The zero-order chi connectivity index (χ0) is 13.8. The summed E-state index contributed by atoms with van der Waals surface area (Å²) in [7, 11) is 0. The van der Waals surface area contributed by atoms with Gasteiger partial charge in [0.2, 0.25) is 0 Å². The Labute approximate surface area is 113 Å². The predicted molar refractivity (Wildman–Crippen MR) is 75.1 cm³/mol. The quantitative estimate of drug-likeness (QED) is 0.907. The van der Waals surface area contributed by atoms with Crippen molar-refractivity contribution in [3.05, 3.63) is 58.9 Å². The minimum absolute atomic E-state index is 0.259. The third-order valence-corrected chi connectivity index (χ3v) is 2.98. The molecule has 2 nitrogen and oxygen atoms in total. The van der Waals surface area contributed by atoms with Gasteiger partial charge in [-0.3, -0.25) is 0 Å². The fourth-order valence-electron chi connectivity index (χ4n) is 1.96. The monoisotopic (exact) mass is 259 g/mol. The van der Waals surface area contributed by atoms with Gasteiger partial charge in [0.1, 0.15) is 5.75 Å². The molecule has 0 fully saturated rings. The molecule has 0 saturated heterocycles. The van der Waals surface area contributed by atoms with Crippen LogP contribution in [0.1, 0.15) is 16.7 Å². The highest BCUT2D eigenvalue weighted by molar-refractivity contribution is 5.41. The van der Waals surface area contributed by atoms with E-state index in [2.05, 4.69) is 0 Å². The Morgan fingerprint density at radius 1 is 1.05 bits per heavy atom. The molecule has 0 spiro atoms. The molecule has 0 radical (unpaired) electrons. The Balaban J connectivity index is 2.25. The summed E-state index contributed by atoms with van der Waals surface area (Å²) in [6, 6.07) is 10.7. The van der Waals surface area contributed by atoms with Crippen LogP contribution in [0.15, 0.2) is 36.4 Å². The largest absolute Gasteiger partial charge is 0.454 e. The second kappa shape index (κ2) is 5.85. The predicted octanol–water partition coefficient (Wildman–Crippen LogP) is 3.74. The molecule has 2 aromatic rings. The number of aryl methyl sites for hydroxylation is 2. The van der Waals surface area contributed by atoms with Crippen LogP contribution in [0.4, 0.5) is 4.39 Å². The molecule has 2 rings (SSSR count). The van der Waals surface area contributed by atoms with Gasteiger partial charge in [0, 0.05) is 0 Å². The van der Waals surface area contributed by atoms with Crippen LogP contribution in [0, 0.1) is 19.7 Å². The summed E-state index contributed by atoms with van der Waals surface area (Å²) < 4.78 is 19.3. The highest BCUT2D eigenvalue weighted by Crippen LogP contribution is 2.28. The Morgan fingerprint density at radius 3 is 2.53 bits per heavy atom. The van der Waals surface area contributed by atoms with Crippen molar-refractivity contribution in [3.63, 3.8) is 0 Å². The second-order valence-electron chi connectivity index (χ2n) is 4.67. The van der Waals surface area contributed by atoms with Gasteiger partial charge in [0.15, 0.2) is 11.6 Å². The van der Waals surface area contributed by atoms with Crippen LogP contribution in [-0.4, -0.2) is 6.54 Å². The number of hydrogen-bond acceptors (Lipinski definition) is 2. The normalized spacial score (nSPS) is 10.5. The number of benzene rings is 2. The molecule has 0 atom stereocenters. The fraction of sp³-hybridized carbons (Fsp3) is 0.250. The van der Waals surface area contributed by atoms with E-state index in [9.17, 15) is 4.39 Å². The third-order valence-electron chi connectivity index (χ3n) is 2.98. The SMILES string of the molecule is Cc1ccc(F)c(Oc2ccc(CCN)cc2C)c1. The van der Waals surface area contributed by atoms with Crippen LogP contribution in [0.2, 0.25) is 0 Å². The van der Waals surface area contributed by atoms with Crippen LogP contribution in [0.3, 0.4) is 0 Å². The first-order valence-electron chi connectivity index (χ1n) is 6.34. The highest BCUT2D eigenvalue weighted by Gasteiger charge is 2.07. The summed E-state index contributed by atoms with van der Waals surface area (Å²) >= 11 is 0. The van der Waals surface area contributed by atoms with E-state index in [0.29, 0.717) is 12.3 Å². The van der Waals surface area contributed by atoms with Crippen molar-refractivity contribution >= 4 is 0 Å². The van der Waals surface area contributed by atoms with Gasteiger partial charge in [-0.25, -0.2) is 4.39 Å². The van der Waals surface area contributed by atoms with Crippen molar-refractivity contribution in [2.75, 3.05) is 6.54 Å². The standard InChI is InChI=1S/C16H18FNO/c1-11-3-5-14(17)16(9-11)19-15-6-4-13(7-8-18)10-12(15)2/h3-6,9-10H,7-8,18H2,1-2H3. The first-order chi connectivity index (χ1) is 9.10. The second-order valence-corrected chi connectivity index (χ2v) is 4.67. The molecule has 0 amide bonds. The topological polar surface area (TPSA) is 35.2 Å². The summed E-state index contributed by atoms with van der Waals surface area (Å²) in [6.45, 7) is 4.47. The van der Waals surface area contributed by atoms with Gasteiger partial charge in [-0.1, -0.05) is 18.2 Å². The van der Waals surface area contributed by atoms with Crippen molar-refractivity contribution in [1.82, 2.24) is 0 Å². The molecule has 0 heterocycles. The molecule has 0 aromatic heterocycles. The van der Waals surface area contributed by atoms with Gasteiger partial charge in [-0.05, 0) is 61.7 Å². The van der Waals surface area contributed by atoms with E-state index in [4.69, 9.17) is 10.5 Å². The van der Waals surface area contributed by atoms with E-state index in [-0.39, 0.29) is 11.6 Å².